The second kappa shape index (κ2) is 6.58. The van der Waals surface area contributed by atoms with Crippen LogP contribution in [0.5, 0.6) is 0 Å². The Bertz CT molecular complexity index is 186. The monoisotopic (exact) mass is 228 g/mol. The van der Waals surface area contributed by atoms with E-state index in [1.807, 2.05) is 0 Å². The first-order valence-electron chi connectivity index (χ1n) is 6.76. The zero-order chi connectivity index (χ0) is 12.0. The minimum Gasteiger partial charge on any atom is -0.374 e. The molecule has 0 amide bonds. The van der Waals surface area contributed by atoms with Crippen molar-refractivity contribution in [2.75, 3.05) is 6.61 Å². The van der Waals surface area contributed by atoms with Crippen molar-refractivity contribution in [1.82, 2.24) is 5.43 Å². The molecule has 3 N–H and O–H groups in total. The van der Waals surface area contributed by atoms with Gasteiger partial charge in [-0.3, -0.25) is 11.3 Å². The van der Waals surface area contributed by atoms with E-state index in [2.05, 4.69) is 26.2 Å². The number of hydrogen-bond acceptors (Lipinski definition) is 3. The van der Waals surface area contributed by atoms with Crippen molar-refractivity contribution >= 4 is 0 Å². The highest BCUT2D eigenvalue weighted by atomic mass is 16.5. The molecular weight excluding hydrogens is 200 g/mol. The van der Waals surface area contributed by atoms with Crippen LogP contribution in [0.3, 0.4) is 0 Å². The third-order valence-electron chi connectivity index (χ3n) is 4.16. The molecule has 16 heavy (non-hydrogen) atoms. The summed E-state index contributed by atoms with van der Waals surface area (Å²) in [6, 6.07) is 0.290. The molecule has 96 valence electrons. The average molecular weight is 228 g/mol. The maximum atomic E-state index is 5.97. The molecule has 0 spiro atoms. The van der Waals surface area contributed by atoms with Gasteiger partial charge in [0.05, 0.1) is 11.6 Å². The van der Waals surface area contributed by atoms with E-state index in [1.165, 1.54) is 25.7 Å². The van der Waals surface area contributed by atoms with E-state index in [9.17, 15) is 0 Å². The van der Waals surface area contributed by atoms with Crippen LogP contribution >= 0.6 is 0 Å². The lowest BCUT2D eigenvalue weighted by Crippen LogP contribution is -2.55. The zero-order valence-electron chi connectivity index (χ0n) is 11.1. The molecule has 1 saturated heterocycles. The highest BCUT2D eigenvalue weighted by molar-refractivity contribution is 4.91. The van der Waals surface area contributed by atoms with Crippen LogP contribution in [0, 0.1) is 5.92 Å². The molecule has 2 unspecified atom stereocenters. The topological polar surface area (TPSA) is 47.3 Å². The van der Waals surface area contributed by atoms with Gasteiger partial charge >= 0.3 is 0 Å². The summed E-state index contributed by atoms with van der Waals surface area (Å²) >= 11 is 0. The van der Waals surface area contributed by atoms with Crippen molar-refractivity contribution in [1.29, 1.82) is 0 Å². The fourth-order valence-corrected chi connectivity index (χ4v) is 2.68. The molecule has 0 saturated carbocycles. The lowest BCUT2D eigenvalue weighted by molar-refractivity contribution is -0.0929. The summed E-state index contributed by atoms with van der Waals surface area (Å²) < 4.78 is 5.97. The normalized spacial score (nSPS) is 28.3. The summed E-state index contributed by atoms with van der Waals surface area (Å²) in [7, 11) is 0. The van der Waals surface area contributed by atoms with Gasteiger partial charge in [-0.2, -0.15) is 0 Å². The van der Waals surface area contributed by atoms with Crippen molar-refractivity contribution in [3.05, 3.63) is 0 Å². The Hall–Kier alpha value is -0.120. The molecule has 0 aliphatic carbocycles. The number of rotatable bonds is 6. The number of hydrazine groups is 1. The number of hydrogen-bond donors (Lipinski definition) is 2. The molecule has 0 bridgehead atoms. The maximum Gasteiger partial charge on any atom is 0.0820 e. The van der Waals surface area contributed by atoms with E-state index < -0.39 is 0 Å². The molecule has 3 nitrogen and oxygen atoms in total. The van der Waals surface area contributed by atoms with E-state index >= 15 is 0 Å². The summed E-state index contributed by atoms with van der Waals surface area (Å²) in [4.78, 5) is 0. The summed E-state index contributed by atoms with van der Waals surface area (Å²) in [5, 5.41) is 0. The molecule has 1 rings (SSSR count). The molecule has 1 heterocycles. The maximum absolute atomic E-state index is 5.97. The lowest BCUT2D eigenvalue weighted by Gasteiger charge is -2.41. The second-order valence-corrected chi connectivity index (χ2v) is 5.26. The Kier molecular flexibility index (Phi) is 5.73. The van der Waals surface area contributed by atoms with Crippen molar-refractivity contribution in [2.24, 2.45) is 11.8 Å². The van der Waals surface area contributed by atoms with Gasteiger partial charge in [-0.1, -0.05) is 26.7 Å². The Labute approximate surface area is 100 Å². The largest absolute Gasteiger partial charge is 0.374 e. The number of nitrogens with two attached hydrogens (primary N) is 1. The van der Waals surface area contributed by atoms with E-state index in [1.54, 1.807) is 0 Å². The summed E-state index contributed by atoms with van der Waals surface area (Å²) in [6.45, 7) is 7.61. The van der Waals surface area contributed by atoms with Gasteiger partial charge in [0.2, 0.25) is 0 Å². The Morgan fingerprint density at radius 3 is 2.44 bits per heavy atom. The Morgan fingerprint density at radius 2 is 2.00 bits per heavy atom. The summed E-state index contributed by atoms with van der Waals surface area (Å²) in [6.07, 6.45) is 7.16. The van der Waals surface area contributed by atoms with E-state index in [-0.39, 0.29) is 11.6 Å². The third-order valence-corrected chi connectivity index (χ3v) is 4.16. The average Bonchev–Trinajstić information content (AvgIpc) is 2.31. The molecule has 0 aromatic heterocycles. The van der Waals surface area contributed by atoms with Gasteiger partial charge < -0.3 is 4.74 Å². The van der Waals surface area contributed by atoms with Crippen molar-refractivity contribution < 1.29 is 4.74 Å². The fourth-order valence-electron chi connectivity index (χ4n) is 2.68. The number of nitrogens with one attached hydrogen (secondary N) is 1. The molecular formula is C13H28N2O. The molecule has 0 aromatic carbocycles. The van der Waals surface area contributed by atoms with E-state index in [0.717, 1.165) is 25.4 Å². The van der Waals surface area contributed by atoms with Crippen LogP contribution in [0.1, 0.15) is 59.3 Å². The first-order valence-corrected chi connectivity index (χ1v) is 6.76. The first-order chi connectivity index (χ1) is 7.66. The molecule has 3 heteroatoms. The van der Waals surface area contributed by atoms with Crippen LogP contribution in [-0.4, -0.2) is 18.2 Å². The first kappa shape index (κ1) is 13.9. The molecule has 1 aliphatic rings. The predicted octanol–water partition coefficient (Wildman–Crippen LogP) is 2.60. The van der Waals surface area contributed by atoms with Crippen molar-refractivity contribution in [2.45, 2.75) is 70.9 Å². The van der Waals surface area contributed by atoms with Crippen LogP contribution in [0.15, 0.2) is 0 Å². The van der Waals surface area contributed by atoms with Crippen LogP contribution in [0.4, 0.5) is 0 Å². The Morgan fingerprint density at radius 1 is 1.31 bits per heavy atom. The summed E-state index contributed by atoms with van der Waals surface area (Å²) in [5.41, 5.74) is 2.93. The van der Waals surface area contributed by atoms with Crippen molar-refractivity contribution in [3.63, 3.8) is 0 Å². The lowest BCUT2D eigenvalue weighted by atomic mass is 9.82. The fraction of sp³-hybridized carbons (Fsp3) is 1.00. The molecule has 0 radical (unpaired) electrons. The van der Waals surface area contributed by atoms with Gasteiger partial charge in [0.25, 0.3) is 0 Å². The Balaban J connectivity index is 2.57. The van der Waals surface area contributed by atoms with E-state index in [0.29, 0.717) is 0 Å². The van der Waals surface area contributed by atoms with Gasteiger partial charge in [0.1, 0.15) is 0 Å². The van der Waals surface area contributed by atoms with Gasteiger partial charge in [-0.05, 0) is 38.5 Å². The van der Waals surface area contributed by atoms with Gasteiger partial charge in [0.15, 0.2) is 0 Å². The van der Waals surface area contributed by atoms with Gasteiger partial charge in [-0.15, -0.1) is 0 Å². The zero-order valence-corrected chi connectivity index (χ0v) is 11.1. The minimum absolute atomic E-state index is 0.0599. The number of ether oxygens (including phenoxy) is 1. The highest BCUT2D eigenvalue weighted by Gasteiger charge is 2.36. The standard InChI is InChI=1S/C13H28N2O/c1-4-11(5-2)10-12(15-14)13(3)8-6-7-9-16-13/h11-12,15H,4-10,14H2,1-3H3. The van der Waals surface area contributed by atoms with E-state index in [4.69, 9.17) is 10.6 Å². The molecule has 1 fully saturated rings. The summed E-state index contributed by atoms with van der Waals surface area (Å²) in [5.74, 6) is 6.47. The van der Waals surface area contributed by atoms with Crippen LogP contribution in [-0.2, 0) is 4.74 Å². The van der Waals surface area contributed by atoms with Crippen molar-refractivity contribution in [3.8, 4) is 0 Å². The SMILES string of the molecule is CCC(CC)CC(NN)C1(C)CCCCO1. The molecule has 1 aliphatic heterocycles. The highest BCUT2D eigenvalue weighted by Crippen LogP contribution is 2.31. The van der Waals surface area contributed by atoms with Crippen LogP contribution < -0.4 is 11.3 Å². The minimum atomic E-state index is -0.0599. The molecule has 2 atom stereocenters. The molecule has 0 aromatic rings. The quantitative estimate of drug-likeness (QED) is 0.542. The van der Waals surface area contributed by atoms with Crippen LogP contribution in [0.25, 0.3) is 0 Å². The van der Waals surface area contributed by atoms with Crippen LogP contribution in [0.2, 0.25) is 0 Å². The predicted molar refractivity (Wildman–Crippen MR) is 68.0 cm³/mol. The van der Waals surface area contributed by atoms with Gasteiger partial charge in [-0.25, -0.2) is 0 Å². The second-order valence-electron chi connectivity index (χ2n) is 5.26. The third kappa shape index (κ3) is 3.44. The van der Waals surface area contributed by atoms with Gasteiger partial charge in [0, 0.05) is 6.61 Å². The smallest absolute Gasteiger partial charge is 0.0820 e.